The molecule has 0 bridgehead atoms. The van der Waals surface area contributed by atoms with E-state index >= 15 is 0 Å². The first-order valence-corrected chi connectivity index (χ1v) is 5.63. The maximum absolute atomic E-state index is 11.3. The third-order valence-corrected chi connectivity index (χ3v) is 3.08. The Morgan fingerprint density at radius 3 is 2.62 bits per heavy atom. The van der Waals surface area contributed by atoms with Gasteiger partial charge in [0, 0.05) is 9.64 Å². The average molecular weight is 329 g/mol. The molecular formula is C11H8INO3. The van der Waals surface area contributed by atoms with Crippen LogP contribution in [0.25, 0.3) is 10.9 Å². The van der Waals surface area contributed by atoms with Crippen molar-refractivity contribution in [3.8, 4) is 5.75 Å². The first-order valence-electron chi connectivity index (χ1n) is 4.55. The van der Waals surface area contributed by atoms with Gasteiger partial charge < -0.3 is 10.1 Å². The molecule has 0 fully saturated rings. The van der Waals surface area contributed by atoms with Crippen LogP contribution in [0, 0.1) is 10.5 Å². The number of aromatic amines is 1. The highest BCUT2D eigenvalue weighted by atomic mass is 127. The molecule has 16 heavy (non-hydrogen) atoms. The number of rotatable bonds is 0. The van der Waals surface area contributed by atoms with Crippen LogP contribution in [0.4, 0.5) is 0 Å². The number of aromatic hydroxyl groups is 1. The fourth-order valence-electron chi connectivity index (χ4n) is 1.55. The minimum atomic E-state index is -0.748. The molecule has 2 rings (SSSR count). The first-order chi connectivity index (χ1) is 7.49. The Labute approximate surface area is 104 Å². The Balaban J connectivity index is 3.16. The highest BCUT2D eigenvalue weighted by Crippen LogP contribution is 2.26. The van der Waals surface area contributed by atoms with Gasteiger partial charge in [-0.25, -0.2) is 0 Å². The van der Waals surface area contributed by atoms with Gasteiger partial charge in [-0.1, -0.05) is 0 Å². The summed E-state index contributed by atoms with van der Waals surface area (Å²) in [5.41, 5.74) is -0.0616. The number of aromatic nitrogens is 1. The zero-order chi connectivity index (χ0) is 11.9. The van der Waals surface area contributed by atoms with Gasteiger partial charge in [0.25, 0.3) is 5.56 Å². The summed E-state index contributed by atoms with van der Waals surface area (Å²) in [6, 6.07) is 4.53. The molecule has 0 aliphatic heterocycles. The minimum Gasteiger partial charge on any atom is -0.507 e. The fourth-order valence-corrected chi connectivity index (χ4v) is 2.60. The van der Waals surface area contributed by atoms with Gasteiger partial charge in [-0.05, 0) is 47.2 Å². The standard InChI is InChI=1S/C11H8INO3/c1-5-2-6(12)10-7(3-5)13-11(16)9(15)4-8(10)14/h2-4,14H,1H3,(H,13,15,16). The van der Waals surface area contributed by atoms with Crippen LogP contribution in [0.2, 0.25) is 0 Å². The lowest BCUT2D eigenvalue weighted by atomic mass is 10.1. The van der Waals surface area contributed by atoms with E-state index in [0.717, 1.165) is 15.2 Å². The molecule has 0 unspecified atom stereocenters. The molecule has 0 aliphatic carbocycles. The number of hydrogen-bond acceptors (Lipinski definition) is 3. The van der Waals surface area contributed by atoms with Crippen molar-refractivity contribution in [3.63, 3.8) is 0 Å². The Kier molecular flexibility index (Phi) is 2.71. The predicted octanol–water partition coefficient (Wildman–Crippen LogP) is 1.51. The second-order valence-electron chi connectivity index (χ2n) is 3.52. The number of halogens is 1. The van der Waals surface area contributed by atoms with Crippen molar-refractivity contribution in [2.45, 2.75) is 6.92 Å². The Morgan fingerprint density at radius 1 is 1.25 bits per heavy atom. The highest BCUT2D eigenvalue weighted by Gasteiger charge is 2.06. The summed E-state index contributed by atoms with van der Waals surface area (Å²) in [6.07, 6.45) is 0. The normalized spacial score (nSPS) is 10.6. The molecule has 5 heteroatoms. The van der Waals surface area contributed by atoms with Crippen LogP contribution in [0.1, 0.15) is 5.56 Å². The van der Waals surface area contributed by atoms with Gasteiger partial charge >= 0.3 is 0 Å². The number of fused-ring (bicyclic) bond motifs is 1. The maximum atomic E-state index is 11.3. The lowest BCUT2D eigenvalue weighted by Crippen LogP contribution is -2.22. The van der Waals surface area contributed by atoms with Crippen LogP contribution in [0.3, 0.4) is 0 Å². The van der Waals surface area contributed by atoms with Crippen molar-refractivity contribution in [2.75, 3.05) is 0 Å². The number of H-pyrrole nitrogens is 1. The van der Waals surface area contributed by atoms with Gasteiger partial charge in [-0.2, -0.15) is 0 Å². The zero-order valence-electron chi connectivity index (χ0n) is 8.37. The van der Waals surface area contributed by atoms with Crippen molar-refractivity contribution < 1.29 is 5.11 Å². The smallest absolute Gasteiger partial charge is 0.296 e. The van der Waals surface area contributed by atoms with Crippen LogP contribution in [-0.4, -0.2) is 10.1 Å². The summed E-state index contributed by atoms with van der Waals surface area (Å²) in [7, 11) is 0. The molecule has 0 amide bonds. The van der Waals surface area contributed by atoms with Gasteiger partial charge in [0.1, 0.15) is 5.75 Å². The monoisotopic (exact) mass is 329 g/mol. The van der Waals surface area contributed by atoms with Crippen LogP contribution < -0.4 is 11.0 Å². The molecule has 0 spiro atoms. The van der Waals surface area contributed by atoms with E-state index in [-0.39, 0.29) is 5.75 Å². The van der Waals surface area contributed by atoms with Crippen LogP contribution >= 0.6 is 22.6 Å². The minimum absolute atomic E-state index is 0.178. The molecule has 1 aromatic heterocycles. The molecular weight excluding hydrogens is 321 g/mol. The molecule has 1 aromatic carbocycles. The second-order valence-corrected chi connectivity index (χ2v) is 4.68. The van der Waals surface area contributed by atoms with Gasteiger partial charge in [-0.3, -0.25) is 9.59 Å². The Hall–Kier alpha value is -1.37. The van der Waals surface area contributed by atoms with E-state index in [2.05, 4.69) is 27.6 Å². The topological polar surface area (TPSA) is 70.2 Å². The van der Waals surface area contributed by atoms with Gasteiger partial charge in [0.05, 0.1) is 10.9 Å². The van der Waals surface area contributed by atoms with Gasteiger partial charge in [-0.15, -0.1) is 0 Å². The maximum Gasteiger partial charge on any atom is 0.296 e. The van der Waals surface area contributed by atoms with Crippen LogP contribution in [0.5, 0.6) is 5.75 Å². The van der Waals surface area contributed by atoms with E-state index in [1.807, 2.05) is 13.0 Å². The number of aryl methyl sites for hydroxylation is 1. The largest absolute Gasteiger partial charge is 0.507 e. The first kappa shape index (κ1) is 11.1. The van der Waals surface area contributed by atoms with Gasteiger partial charge in [0.15, 0.2) is 0 Å². The average Bonchev–Trinajstić information content (AvgIpc) is 2.24. The van der Waals surface area contributed by atoms with E-state index < -0.39 is 11.0 Å². The summed E-state index contributed by atoms with van der Waals surface area (Å²) in [5.74, 6) is -0.178. The van der Waals surface area contributed by atoms with E-state index in [0.29, 0.717) is 10.9 Å². The molecule has 82 valence electrons. The Bertz CT molecular complexity index is 691. The van der Waals surface area contributed by atoms with Crippen molar-refractivity contribution in [3.05, 3.63) is 47.9 Å². The van der Waals surface area contributed by atoms with E-state index in [4.69, 9.17) is 0 Å². The van der Waals surface area contributed by atoms with E-state index in [1.165, 1.54) is 0 Å². The SMILES string of the molecule is Cc1cc(I)c2c(O)cc(=O)c(=O)[nH]c2c1. The Morgan fingerprint density at radius 2 is 1.94 bits per heavy atom. The van der Waals surface area contributed by atoms with Crippen molar-refractivity contribution in [2.24, 2.45) is 0 Å². The van der Waals surface area contributed by atoms with Crippen LogP contribution in [0.15, 0.2) is 27.8 Å². The molecule has 0 saturated heterocycles. The van der Waals surface area contributed by atoms with Crippen molar-refractivity contribution in [1.82, 2.24) is 4.98 Å². The van der Waals surface area contributed by atoms with Crippen LogP contribution in [-0.2, 0) is 0 Å². The third-order valence-electron chi connectivity index (χ3n) is 2.23. The molecule has 0 atom stereocenters. The third kappa shape index (κ3) is 1.82. The van der Waals surface area contributed by atoms with E-state index in [1.54, 1.807) is 6.07 Å². The summed E-state index contributed by atoms with van der Waals surface area (Å²) < 4.78 is 0.788. The summed E-state index contributed by atoms with van der Waals surface area (Å²) >= 11 is 2.05. The zero-order valence-corrected chi connectivity index (χ0v) is 10.5. The predicted molar refractivity (Wildman–Crippen MR) is 70.0 cm³/mol. The summed E-state index contributed by atoms with van der Waals surface area (Å²) in [6.45, 7) is 1.88. The fraction of sp³-hybridized carbons (Fsp3) is 0.0909. The molecule has 4 nitrogen and oxygen atoms in total. The molecule has 2 N–H and O–H groups in total. The molecule has 0 radical (unpaired) electrons. The quantitative estimate of drug-likeness (QED) is 0.569. The summed E-state index contributed by atoms with van der Waals surface area (Å²) in [4.78, 5) is 25.0. The van der Waals surface area contributed by atoms with Crippen molar-refractivity contribution >= 4 is 33.5 Å². The van der Waals surface area contributed by atoms with E-state index in [9.17, 15) is 14.7 Å². The summed E-state index contributed by atoms with van der Waals surface area (Å²) in [5, 5.41) is 10.2. The highest BCUT2D eigenvalue weighted by molar-refractivity contribution is 14.1. The molecule has 1 heterocycles. The van der Waals surface area contributed by atoms with Crippen molar-refractivity contribution in [1.29, 1.82) is 0 Å². The molecule has 2 aromatic rings. The van der Waals surface area contributed by atoms with Gasteiger partial charge in [0.2, 0.25) is 5.43 Å². The molecule has 0 aliphatic rings. The lowest BCUT2D eigenvalue weighted by molar-refractivity contribution is 0.481. The number of hydrogen-bond donors (Lipinski definition) is 2. The second kappa shape index (κ2) is 3.89. The number of nitrogens with one attached hydrogen (secondary N) is 1. The lowest BCUT2D eigenvalue weighted by Gasteiger charge is -2.00. The molecule has 0 saturated carbocycles. The number of benzene rings is 1.